The average Bonchev–Trinajstić information content (AvgIpc) is 3.27. The van der Waals surface area contributed by atoms with E-state index in [1.54, 1.807) is 37.5 Å². The number of ether oxygens (including phenoxy) is 3. The summed E-state index contributed by atoms with van der Waals surface area (Å²) >= 11 is 1.64. The van der Waals surface area contributed by atoms with Gasteiger partial charge in [0.25, 0.3) is 0 Å². The highest BCUT2D eigenvalue weighted by Crippen LogP contribution is 2.54. The summed E-state index contributed by atoms with van der Waals surface area (Å²) in [5.41, 5.74) is 6.88. The fourth-order valence-electron chi connectivity index (χ4n) is 4.95. The van der Waals surface area contributed by atoms with E-state index in [-0.39, 0.29) is 11.3 Å². The molecule has 0 radical (unpaired) electrons. The molecule has 3 heterocycles. The molecule has 2 aliphatic heterocycles. The SMILES string of the molecule is CC#CCOCc1ccsc1/C=C1\Oc2ccc(O)c(OC)c2-c2ccc3c(c21)C(C)=CC(C)(C)N3. The largest absolute Gasteiger partial charge is 0.504 e. The van der Waals surface area contributed by atoms with Crippen LogP contribution in [0, 0.1) is 11.8 Å². The molecule has 0 saturated heterocycles. The van der Waals surface area contributed by atoms with Gasteiger partial charge < -0.3 is 24.6 Å². The number of thiophene rings is 1. The van der Waals surface area contributed by atoms with Gasteiger partial charge in [-0.3, -0.25) is 0 Å². The Morgan fingerprint density at radius 2 is 1.97 bits per heavy atom. The summed E-state index contributed by atoms with van der Waals surface area (Å²) in [5, 5.41) is 16.2. The molecular formula is C30H29NO4S. The standard InChI is InChI=1S/C30H29NO4S/c1-6-7-13-34-17-19-12-14-36-25(19)15-24-27-20(28-23(35-24)11-10-22(32)29(28)33-5)8-9-21-26(27)18(2)16-30(3,4)31-21/h8-12,14-16,31-32H,13,17H2,1-5H3/b24-15-. The van der Waals surface area contributed by atoms with Gasteiger partial charge in [0.1, 0.15) is 18.1 Å². The van der Waals surface area contributed by atoms with E-state index in [1.165, 1.54) is 0 Å². The first kappa shape index (κ1) is 24.1. The number of aromatic hydroxyl groups is 1. The first-order chi connectivity index (χ1) is 17.3. The van der Waals surface area contributed by atoms with E-state index in [0.717, 1.165) is 49.7 Å². The third-order valence-electron chi connectivity index (χ3n) is 6.32. The van der Waals surface area contributed by atoms with E-state index in [2.05, 4.69) is 73.7 Å². The summed E-state index contributed by atoms with van der Waals surface area (Å²) < 4.78 is 17.9. The van der Waals surface area contributed by atoms with Gasteiger partial charge in [-0.05, 0) is 74.6 Å². The topological polar surface area (TPSA) is 60.0 Å². The van der Waals surface area contributed by atoms with E-state index in [0.29, 0.717) is 24.7 Å². The number of phenolic OH excluding ortho intramolecular Hbond substituents is 1. The maximum Gasteiger partial charge on any atom is 0.172 e. The summed E-state index contributed by atoms with van der Waals surface area (Å²) in [6.45, 7) is 9.13. The maximum atomic E-state index is 10.5. The van der Waals surface area contributed by atoms with Crippen molar-refractivity contribution in [3.05, 3.63) is 63.4 Å². The summed E-state index contributed by atoms with van der Waals surface area (Å²) in [5.74, 6) is 7.67. The molecule has 184 valence electrons. The lowest BCUT2D eigenvalue weighted by Crippen LogP contribution is -2.32. The molecule has 1 aromatic heterocycles. The zero-order valence-electron chi connectivity index (χ0n) is 21.1. The predicted molar refractivity (Wildman–Crippen MR) is 147 cm³/mol. The van der Waals surface area contributed by atoms with Crippen LogP contribution >= 0.6 is 11.3 Å². The molecule has 3 aromatic rings. The number of methoxy groups -OCH3 is 1. The van der Waals surface area contributed by atoms with Crippen LogP contribution in [0.3, 0.4) is 0 Å². The quantitative estimate of drug-likeness (QED) is 0.288. The van der Waals surface area contributed by atoms with Gasteiger partial charge in [0.05, 0.1) is 24.8 Å². The van der Waals surface area contributed by atoms with Crippen LogP contribution in [0.15, 0.2) is 41.8 Å². The molecule has 0 spiro atoms. The van der Waals surface area contributed by atoms with Crippen LogP contribution in [0.5, 0.6) is 17.2 Å². The monoisotopic (exact) mass is 499 g/mol. The van der Waals surface area contributed by atoms with E-state index >= 15 is 0 Å². The smallest absolute Gasteiger partial charge is 0.172 e. The van der Waals surface area contributed by atoms with Crippen molar-refractivity contribution in [3.8, 4) is 40.2 Å². The molecule has 5 nitrogen and oxygen atoms in total. The Labute approximate surface area is 216 Å². The molecule has 0 amide bonds. The molecule has 2 aliphatic rings. The van der Waals surface area contributed by atoms with E-state index in [1.807, 2.05) is 0 Å². The summed E-state index contributed by atoms with van der Waals surface area (Å²) in [6, 6.07) is 9.64. The first-order valence-corrected chi connectivity index (χ1v) is 12.7. The van der Waals surface area contributed by atoms with Crippen LogP contribution < -0.4 is 14.8 Å². The highest BCUT2D eigenvalue weighted by Gasteiger charge is 2.33. The lowest BCUT2D eigenvalue weighted by atomic mass is 9.83. The van der Waals surface area contributed by atoms with Gasteiger partial charge in [0, 0.05) is 27.3 Å². The first-order valence-electron chi connectivity index (χ1n) is 11.8. The van der Waals surface area contributed by atoms with Crippen LogP contribution in [0.4, 0.5) is 5.69 Å². The van der Waals surface area contributed by atoms with Crippen molar-refractivity contribution in [2.24, 2.45) is 0 Å². The van der Waals surface area contributed by atoms with E-state index < -0.39 is 0 Å². The van der Waals surface area contributed by atoms with Gasteiger partial charge >= 0.3 is 0 Å². The van der Waals surface area contributed by atoms with E-state index in [9.17, 15) is 5.11 Å². The zero-order valence-corrected chi connectivity index (χ0v) is 21.9. The van der Waals surface area contributed by atoms with Crippen molar-refractivity contribution in [2.45, 2.75) is 39.8 Å². The van der Waals surface area contributed by atoms with Gasteiger partial charge in [0.2, 0.25) is 0 Å². The number of anilines is 1. The van der Waals surface area contributed by atoms with Crippen molar-refractivity contribution in [2.75, 3.05) is 19.0 Å². The highest BCUT2D eigenvalue weighted by atomic mass is 32.1. The second-order valence-electron chi connectivity index (χ2n) is 9.42. The molecule has 36 heavy (non-hydrogen) atoms. The van der Waals surface area contributed by atoms with Crippen LogP contribution in [-0.2, 0) is 11.3 Å². The number of hydrogen-bond donors (Lipinski definition) is 2. The number of fused-ring (bicyclic) bond motifs is 5. The summed E-state index contributed by atoms with van der Waals surface area (Å²) in [4.78, 5) is 1.07. The molecule has 2 aromatic carbocycles. The number of rotatable bonds is 5. The minimum atomic E-state index is -0.168. The molecule has 0 aliphatic carbocycles. The van der Waals surface area contributed by atoms with Gasteiger partial charge in [-0.25, -0.2) is 0 Å². The highest BCUT2D eigenvalue weighted by molar-refractivity contribution is 7.11. The molecule has 5 rings (SSSR count). The molecular weight excluding hydrogens is 470 g/mol. The minimum Gasteiger partial charge on any atom is -0.504 e. The van der Waals surface area contributed by atoms with Crippen LogP contribution in [0.2, 0.25) is 0 Å². The Balaban J connectivity index is 1.71. The average molecular weight is 500 g/mol. The zero-order chi connectivity index (χ0) is 25.4. The second-order valence-corrected chi connectivity index (χ2v) is 10.4. The predicted octanol–water partition coefficient (Wildman–Crippen LogP) is 7.17. The Kier molecular flexibility index (Phi) is 6.29. The second kappa shape index (κ2) is 9.42. The maximum absolute atomic E-state index is 10.5. The van der Waals surface area contributed by atoms with E-state index in [4.69, 9.17) is 14.2 Å². The van der Waals surface area contributed by atoms with Crippen molar-refractivity contribution < 1.29 is 19.3 Å². The normalized spacial score (nSPS) is 15.9. The Bertz CT molecular complexity index is 1470. The van der Waals surface area contributed by atoms with Gasteiger partial charge in [-0.15, -0.1) is 17.3 Å². The van der Waals surface area contributed by atoms with Gasteiger partial charge in [-0.2, -0.15) is 0 Å². The van der Waals surface area contributed by atoms with Gasteiger partial charge in [0.15, 0.2) is 11.5 Å². The third-order valence-corrected chi connectivity index (χ3v) is 7.23. The Hall–Kier alpha value is -3.66. The van der Waals surface area contributed by atoms with Crippen LogP contribution in [-0.4, -0.2) is 24.4 Å². The molecule has 0 fully saturated rings. The molecule has 0 unspecified atom stereocenters. The van der Waals surface area contributed by atoms with Crippen LogP contribution in [0.25, 0.3) is 28.5 Å². The number of phenols is 1. The van der Waals surface area contributed by atoms with Crippen molar-refractivity contribution in [1.29, 1.82) is 0 Å². The molecule has 6 heteroatoms. The van der Waals surface area contributed by atoms with Crippen molar-refractivity contribution in [3.63, 3.8) is 0 Å². The minimum absolute atomic E-state index is 0.0790. The third kappa shape index (κ3) is 4.26. The molecule has 2 N–H and O–H groups in total. The number of benzene rings is 2. The van der Waals surface area contributed by atoms with Crippen molar-refractivity contribution in [1.82, 2.24) is 0 Å². The summed E-state index contributed by atoms with van der Waals surface area (Å²) in [6.07, 6.45) is 4.32. The fraction of sp³-hybridized carbons (Fsp3) is 0.267. The molecule has 0 bridgehead atoms. The number of hydrogen-bond acceptors (Lipinski definition) is 6. The van der Waals surface area contributed by atoms with Crippen molar-refractivity contribution >= 4 is 34.4 Å². The van der Waals surface area contributed by atoms with Crippen LogP contribution in [0.1, 0.15) is 49.3 Å². The molecule has 0 atom stereocenters. The Morgan fingerprint density at radius 3 is 2.75 bits per heavy atom. The summed E-state index contributed by atoms with van der Waals surface area (Å²) in [7, 11) is 1.56. The number of nitrogens with one attached hydrogen (secondary N) is 1. The fourth-order valence-corrected chi connectivity index (χ4v) is 5.78. The lowest BCUT2D eigenvalue weighted by molar-refractivity contribution is 0.153. The lowest BCUT2D eigenvalue weighted by Gasteiger charge is -2.35. The number of allylic oxidation sites excluding steroid dienone is 1. The van der Waals surface area contributed by atoms with Gasteiger partial charge in [-0.1, -0.05) is 18.1 Å². The Morgan fingerprint density at radius 1 is 1.14 bits per heavy atom. The molecule has 0 saturated carbocycles.